The Kier molecular flexibility index (Phi) is 3.16. The van der Waals surface area contributed by atoms with E-state index in [4.69, 9.17) is 10.00 Å². The van der Waals surface area contributed by atoms with Gasteiger partial charge in [0.15, 0.2) is 5.69 Å². The van der Waals surface area contributed by atoms with Crippen molar-refractivity contribution in [1.29, 1.82) is 5.26 Å². The average molecular weight is 292 g/mol. The summed E-state index contributed by atoms with van der Waals surface area (Å²) < 4.78 is 7.42. The lowest BCUT2D eigenvalue weighted by Crippen LogP contribution is -1.95. The molecule has 0 unspecified atom stereocenters. The average Bonchev–Trinajstić information content (AvgIpc) is 2.64. The first kappa shape index (κ1) is 11.7. The minimum atomic E-state index is 0.510. The summed E-state index contributed by atoms with van der Waals surface area (Å²) >= 11 is 3.27. The molecule has 0 radical (unpaired) electrons. The molecule has 17 heavy (non-hydrogen) atoms. The van der Waals surface area contributed by atoms with Crippen molar-refractivity contribution < 1.29 is 4.74 Å². The molecule has 0 aliphatic rings. The number of halogens is 1. The van der Waals surface area contributed by atoms with Gasteiger partial charge < -0.3 is 9.30 Å². The summed E-state index contributed by atoms with van der Waals surface area (Å²) in [6, 6.07) is 9.66. The van der Waals surface area contributed by atoms with E-state index in [1.165, 1.54) is 0 Å². The maximum Gasteiger partial charge on any atom is 0.154 e. The molecule has 0 saturated heterocycles. The van der Waals surface area contributed by atoms with Crippen LogP contribution >= 0.6 is 15.9 Å². The molecule has 1 aromatic carbocycles. The topological polar surface area (TPSA) is 50.8 Å². The third-order valence-corrected chi connectivity index (χ3v) is 3.06. The van der Waals surface area contributed by atoms with Crippen molar-refractivity contribution in [2.75, 3.05) is 7.11 Å². The molecule has 0 spiro atoms. The lowest BCUT2D eigenvalue weighted by Gasteiger charge is -2.03. The molecule has 0 aliphatic carbocycles. The van der Waals surface area contributed by atoms with Gasteiger partial charge in [-0.05, 0) is 40.2 Å². The quantitative estimate of drug-likeness (QED) is 0.855. The normalized spacial score (nSPS) is 10.0. The van der Waals surface area contributed by atoms with E-state index < -0.39 is 0 Å². The SMILES string of the molecule is COc1ccc(-c2nc(Br)c(C#N)n2C)cc1. The van der Waals surface area contributed by atoms with Crippen LogP contribution in [0.15, 0.2) is 28.9 Å². The molecule has 1 aromatic heterocycles. The molecule has 0 atom stereocenters. The molecular weight excluding hydrogens is 282 g/mol. The van der Waals surface area contributed by atoms with Crippen LogP contribution in [-0.4, -0.2) is 16.7 Å². The van der Waals surface area contributed by atoms with Gasteiger partial charge >= 0.3 is 0 Å². The first-order valence-electron chi connectivity index (χ1n) is 4.94. The second-order valence-electron chi connectivity index (χ2n) is 3.47. The van der Waals surface area contributed by atoms with Gasteiger partial charge in [-0.15, -0.1) is 0 Å². The number of aromatic nitrogens is 2. The summed E-state index contributed by atoms with van der Waals surface area (Å²) in [6.07, 6.45) is 0. The Hall–Kier alpha value is -1.80. The molecule has 4 nitrogen and oxygen atoms in total. The standard InChI is InChI=1S/C12H10BrN3O/c1-16-10(7-14)11(13)15-12(16)8-3-5-9(17-2)6-4-8/h3-6H,1-2H3. The maximum atomic E-state index is 8.98. The van der Waals surface area contributed by atoms with Crippen molar-refractivity contribution in [2.45, 2.75) is 0 Å². The van der Waals surface area contributed by atoms with E-state index in [0.717, 1.165) is 17.1 Å². The Morgan fingerprint density at radius 3 is 2.47 bits per heavy atom. The number of imidazole rings is 1. The number of ether oxygens (including phenoxy) is 1. The fourth-order valence-corrected chi connectivity index (χ4v) is 2.11. The number of nitrogens with zero attached hydrogens (tertiary/aromatic N) is 3. The molecule has 0 amide bonds. The van der Waals surface area contributed by atoms with Crippen LogP contribution in [-0.2, 0) is 7.05 Å². The zero-order valence-corrected chi connectivity index (χ0v) is 11.0. The molecular formula is C12H10BrN3O. The van der Waals surface area contributed by atoms with Crippen LogP contribution in [0.5, 0.6) is 5.75 Å². The highest BCUT2D eigenvalue weighted by atomic mass is 79.9. The second-order valence-corrected chi connectivity index (χ2v) is 4.23. The summed E-state index contributed by atoms with van der Waals surface area (Å²) in [5.41, 5.74) is 1.45. The summed E-state index contributed by atoms with van der Waals surface area (Å²) in [4.78, 5) is 4.32. The van der Waals surface area contributed by atoms with Crippen LogP contribution in [0, 0.1) is 11.3 Å². The van der Waals surface area contributed by atoms with Gasteiger partial charge in [0.1, 0.15) is 22.2 Å². The van der Waals surface area contributed by atoms with Gasteiger partial charge in [0, 0.05) is 12.6 Å². The van der Waals surface area contributed by atoms with Gasteiger partial charge in [-0.2, -0.15) is 5.26 Å². The van der Waals surface area contributed by atoms with Crippen molar-refractivity contribution in [3.8, 4) is 23.2 Å². The number of rotatable bonds is 2. The molecule has 5 heteroatoms. The molecule has 86 valence electrons. The number of hydrogen-bond acceptors (Lipinski definition) is 3. The van der Waals surface area contributed by atoms with E-state index in [9.17, 15) is 0 Å². The van der Waals surface area contributed by atoms with Gasteiger partial charge in [-0.3, -0.25) is 0 Å². The summed E-state index contributed by atoms with van der Waals surface area (Å²) in [6.45, 7) is 0. The highest BCUT2D eigenvalue weighted by Gasteiger charge is 2.13. The third-order valence-electron chi connectivity index (χ3n) is 2.51. The largest absolute Gasteiger partial charge is 0.497 e. The molecule has 0 N–H and O–H groups in total. The zero-order chi connectivity index (χ0) is 12.4. The molecule has 0 aliphatic heterocycles. The van der Waals surface area contributed by atoms with E-state index in [1.54, 1.807) is 11.7 Å². The van der Waals surface area contributed by atoms with Crippen molar-refractivity contribution >= 4 is 15.9 Å². The van der Waals surface area contributed by atoms with Gasteiger partial charge in [-0.25, -0.2) is 4.98 Å². The monoisotopic (exact) mass is 291 g/mol. The summed E-state index contributed by atoms with van der Waals surface area (Å²) in [5.74, 6) is 1.54. The van der Waals surface area contributed by atoms with Crippen molar-refractivity contribution in [1.82, 2.24) is 9.55 Å². The zero-order valence-electron chi connectivity index (χ0n) is 9.44. The van der Waals surface area contributed by atoms with E-state index in [0.29, 0.717) is 10.3 Å². The van der Waals surface area contributed by atoms with Gasteiger partial charge in [0.05, 0.1) is 7.11 Å². The smallest absolute Gasteiger partial charge is 0.154 e. The van der Waals surface area contributed by atoms with Crippen LogP contribution in [0.1, 0.15) is 5.69 Å². The lowest BCUT2D eigenvalue weighted by molar-refractivity contribution is 0.415. The highest BCUT2D eigenvalue weighted by molar-refractivity contribution is 9.10. The molecule has 0 fully saturated rings. The fraction of sp³-hybridized carbons (Fsp3) is 0.167. The molecule has 0 bridgehead atoms. The number of nitriles is 1. The van der Waals surface area contributed by atoms with Crippen LogP contribution in [0.25, 0.3) is 11.4 Å². The number of hydrogen-bond donors (Lipinski definition) is 0. The molecule has 2 aromatic rings. The first-order valence-corrected chi connectivity index (χ1v) is 5.73. The summed E-state index contributed by atoms with van der Waals surface area (Å²) in [5, 5.41) is 8.98. The maximum absolute atomic E-state index is 8.98. The van der Waals surface area contributed by atoms with E-state index >= 15 is 0 Å². The third kappa shape index (κ3) is 2.04. The van der Waals surface area contributed by atoms with Gasteiger partial charge in [-0.1, -0.05) is 0 Å². The summed E-state index contributed by atoms with van der Waals surface area (Å²) in [7, 11) is 3.44. The van der Waals surface area contributed by atoms with Crippen LogP contribution in [0.2, 0.25) is 0 Å². The predicted octanol–water partition coefficient (Wildman–Crippen LogP) is 2.73. The lowest BCUT2D eigenvalue weighted by atomic mass is 10.2. The van der Waals surface area contributed by atoms with Crippen molar-refractivity contribution in [2.24, 2.45) is 7.05 Å². The number of benzene rings is 1. The van der Waals surface area contributed by atoms with E-state index in [-0.39, 0.29) is 0 Å². The second kappa shape index (κ2) is 4.60. The molecule has 0 saturated carbocycles. The molecule has 2 rings (SSSR count). The Balaban J connectivity index is 2.50. The highest BCUT2D eigenvalue weighted by Crippen LogP contribution is 2.25. The van der Waals surface area contributed by atoms with E-state index in [1.807, 2.05) is 31.3 Å². The van der Waals surface area contributed by atoms with Crippen LogP contribution < -0.4 is 4.74 Å². The Morgan fingerprint density at radius 2 is 2.00 bits per heavy atom. The van der Waals surface area contributed by atoms with Crippen LogP contribution in [0.4, 0.5) is 0 Å². The number of methoxy groups -OCH3 is 1. The molecule has 1 heterocycles. The fourth-order valence-electron chi connectivity index (χ4n) is 1.58. The Bertz CT molecular complexity index is 581. The van der Waals surface area contributed by atoms with Crippen molar-refractivity contribution in [3.05, 3.63) is 34.6 Å². The Morgan fingerprint density at radius 1 is 1.35 bits per heavy atom. The first-order chi connectivity index (χ1) is 8.17. The van der Waals surface area contributed by atoms with E-state index in [2.05, 4.69) is 27.0 Å². The van der Waals surface area contributed by atoms with Gasteiger partial charge in [0.25, 0.3) is 0 Å². The minimum absolute atomic E-state index is 0.510. The Labute approximate surface area is 108 Å². The van der Waals surface area contributed by atoms with Gasteiger partial charge in [0.2, 0.25) is 0 Å². The predicted molar refractivity (Wildman–Crippen MR) is 67.6 cm³/mol. The van der Waals surface area contributed by atoms with Crippen molar-refractivity contribution in [3.63, 3.8) is 0 Å². The van der Waals surface area contributed by atoms with Crippen LogP contribution in [0.3, 0.4) is 0 Å². The minimum Gasteiger partial charge on any atom is -0.497 e.